The van der Waals surface area contributed by atoms with Crippen LogP contribution in [-0.4, -0.2) is 24.7 Å². The van der Waals surface area contributed by atoms with Gasteiger partial charge in [-0.1, -0.05) is 6.07 Å². The number of nitrogens with zero attached hydrogens (tertiary/aromatic N) is 1. The molecule has 2 heterocycles. The molecule has 3 nitrogen and oxygen atoms in total. The van der Waals surface area contributed by atoms with Gasteiger partial charge < -0.3 is 10.1 Å². The van der Waals surface area contributed by atoms with Crippen molar-refractivity contribution in [3.8, 4) is 0 Å². The quantitative estimate of drug-likeness (QED) is 0.858. The first-order valence-electron chi connectivity index (χ1n) is 5.29. The van der Waals surface area contributed by atoms with Crippen molar-refractivity contribution in [3.05, 3.63) is 22.8 Å². The maximum atomic E-state index is 5.32. The Balaban J connectivity index is 1.81. The number of hydrogen-bond donors (Lipinski definition) is 1. The Bertz CT molecular complexity index is 313. The Kier molecular flexibility index (Phi) is 3.97. The number of rotatable bonds is 3. The second-order valence-corrected chi connectivity index (χ2v) is 4.59. The minimum Gasteiger partial charge on any atom is -0.381 e. The molecule has 0 bridgehead atoms. The second-order valence-electron chi connectivity index (χ2n) is 3.78. The molecule has 1 aliphatic heterocycles. The van der Waals surface area contributed by atoms with E-state index >= 15 is 0 Å². The van der Waals surface area contributed by atoms with E-state index in [4.69, 9.17) is 4.74 Å². The fourth-order valence-corrected chi connectivity index (χ4v) is 2.05. The molecule has 0 amide bonds. The Morgan fingerprint density at radius 2 is 2.20 bits per heavy atom. The third-order valence-electron chi connectivity index (χ3n) is 2.63. The SMILES string of the molecule is Brc1cccc(NCC2CCOCC2)n1. The van der Waals surface area contributed by atoms with E-state index in [1.807, 2.05) is 18.2 Å². The maximum absolute atomic E-state index is 5.32. The molecule has 82 valence electrons. The lowest BCUT2D eigenvalue weighted by atomic mass is 10.0. The molecule has 0 aliphatic carbocycles. The van der Waals surface area contributed by atoms with E-state index in [9.17, 15) is 0 Å². The summed E-state index contributed by atoms with van der Waals surface area (Å²) in [5.41, 5.74) is 0. The van der Waals surface area contributed by atoms with E-state index in [2.05, 4.69) is 26.2 Å². The van der Waals surface area contributed by atoms with Gasteiger partial charge in [0.15, 0.2) is 0 Å². The van der Waals surface area contributed by atoms with Gasteiger partial charge in [0.1, 0.15) is 10.4 Å². The van der Waals surface area contributed by atoms with Crippen LogP contribution in [0.25, 0.3) is 0 Å². The van der Waals surface area contributed by atoms with E-state index < -0.39 is 0 Å². The molecule has 0 unspecified atom stereocenters. The van der Waals surface area contributed by atoms with Gasteiger partial charge in [0.25, 0.3) is 0 Å². The number of ether oxygens (including phenoxy) is 1. The van der Waals surface area contributed by atoms with Gasteiger partial charge in [-0.15, -0.1) is 0 Å². The summed E-state index contributed by atoms with van der Waals surface area (Å²) in [6.45, 7) is 2.79. The zero-order valence-corrected chi connectivity index (χ0v) is 10.2. The van der Waals surface area contributed by atoms with Crippen LogP contribution in [0.3, 0.4) is 0 Å². The summed E-state index contributed by atoms with van der Waals surface area (Å²) in [7, 11) is 0. The third-order valence-corrected chi connectivity index (χ3v) is 3.07. The van der Waals surface area contributed by atoms with Crippen LogP contribution in [0.2, 0.25) is 0 Å². The molecule has 0 spiro atoms. The van der Waals surface area contributed by atoms with Crippen molar-refractivity contribution in [2.45, 2.75) is 12.8 Å². The smallest absolute Gasteiger partial charge is 0.127 e. The molecule has 0 saturated carbocycles. The standard InChI is InChI=1S/C11H15BrN2O/c12-10-2-1-3-11(14-10)13-8-9-4-6-15-7-5-9/h1-3,9H,4-8H2,(H,13,14). The average molecular weight is 271 g/mol. The van der Waals surface area contributed by atoms with Gasteiger partial charge in [0, 0.05) is 19.8 Å². The van der Waals surface area contributed by atoms with Gasteiger partial charge in [0.2, 0.25) is 0 Å². The number of nitrogens with one attached hydrogen (secondary N) is 1. The van der Waals surface area contributed by atoms with Crippen LogP contribution in [0.15, 0.2) is 22.8 Å². The van der Waals surface area contributed by atoms with Crippen LogP contribution < -0.4 is 5.32 Å². The summed E-state index contributed by atoms with van der Waals surface area (Å²) in [6, 6.07) is 5.91. The zero-order chi connectivity index (χ0) is 10.5. The lowest BCUT2D eigenvalue weighted by molar-refractivity contribution is 0.0699. The molecule has 15 heavy (non-hydrogen) atoms. The Morgan fingerprint density at radius 3 is 2.93 bits per heavy atom. The highest BCUT2D eigenvalue weighted by atomic mass is 79.9. The van der Waals surface area contributed by atoms with Crippen molar-refractivity contribution < 1.29 is 4.74 Å². The highest BCUT2D eigenvalue weighted by Gasteiger charge is 2.13. The highest BCUT2D eigenvalue weighted by Crippen LogP contribution is 2.16. The molecule has 0 aromatic carbocycles. The van der Waals surface area contributed by atoms with Crippen molar-refractivity contribution in [1.82, 2.24) is 4.98 Å². The fourth-order valence-electron chi connectivity index (χ4n) is 1.71. The van der Waals surface area contributed by atoms with E-state index in [0.717, 1.165) is 48.9 Å². The molecule has 1 fully saturated rings. The number of aromatic nitrogens is 1. The van der Waals surface area contributed by atoms with E-state index in [1.54, 1.807) is 0 Å². The monoisotopic (exact) mass is 270 g/mol. The molecule has 0 atom stereocenters. The summed E-state index contributed by atoms with van der Waals surface area (Å²) in [4.78, 5) is 4.33. The van der Waals surface area contributed by atoms with Gasteiger partial charge in [-0.25, -0.2) is 4.98 Å². The van der Waals surface area contributed by atoms with Gasteiger partial charge in [-0.2, -0.15) is 0 Å². The number of hydrogen-bond acceptors (Lipinski definition) is 3. The van der Waals surface area contributed by atoms with E-state index in [0.29, 0.717) is 0 Å². The first-order chi connectivity index (χ1) is 7.34. The summed E-state index contributed by atoms with van der Waals surface area (Å²) in [6.07, 6.45) is 2.31. The van der Waals surface area contributed by atoms with Crippen LogP contribution in [0.5, 0.6) is 0 Å². The topological polar surface area (TPSA) is 34.1 Å². The van der Waals surface area contributed by atoms with Crippen LogP contribution in [0.4, 0.5) is 5.82 Å². The predicted octanol–water partition coefficient (Wildman–Crippen LogP) is 2.68. The summed E-state index contributed by atoms with van der Waals surface area (Å²) < 4.78 is 6.19. The minimum atomic E-state index is 0.722. The Labute approximate surface area is 98.4 Å². The molecule has 1 aromatic rings. The maximum Gasteiger partial charge on any atom is 0.127 e. The van der Waals surface area contributed by atoms with Crippen LogP contribution in [-0.2, 0) is 4.74 Å². The van der Waals surface area contributed by atoms with Crippen molar-refractivity contribution in [1.29, 1.82) is 0 Å². The first kappa shape index (κ1) is 10.9. The van der Waals surface area contributed by atoms with Crippen molar-refractivity contribution in [3.63, 3.8) is 0 Å². The van der Waals surface area contributed by atoms with Crippen molar-refractivity contribution in [2.75, 3.05) is 25.1 Å². The minimum absolute atomic E-state index is 0.722. The molecule has 4 heteroatoms. The predicted molar refractivity (Wildman–Crippen MR) is 64.0 cm³/mol. The van der Waals surface area contributed by atoms with E-state index in [-0.39, 0.29) is 0 Å². The summed E-state index contributed by atoms with van der Waals surface area (Å²) in [5.74, 6) is 1.66. The normalized spacial score (nSPS) is 17.7. The highest BCUT2D eigenvalue weighted by molar-refractivity contribution is 9.10. The fraction of sp³-hybridized carbons (Fsp3) is 0.545. The lowest BCUT2D eigenvalue weighted by Crippen LogP contribution is -2.22. The van der Waals surface area contributed by atoms with Gasteiger partial charge >= 0.3 is 0 Å². The van der Waals surface area contributed by atoms with Gasteiger partial charge in [0.05, 0.1) is 0 Å². The van der Waals surface area contributed by atoms with Gasteiger partial charge in [-0.05, 0) is 46.8 Å². The van der Waals surface area contributed by atoms with E-state index in [1.165, 1.54) is 0 Å². The number of halogens is 1. The van der Waals surface area contributed by atoms with Crippen LogP contribution in [0.1, 0.15) is 12.8 Å². The molecule has 0 radical (unpaired) electrons. The first-order valence-corrected chi connectivity index (χ1v) is 6.08. The second kappa shape index (κ2) is 5.47. The molecular weight excluding hydrogens is 256 g/mol. The average Bonchev–Trinajstić information content (AvgIpc) is 2.28. The van der Waals surface area contributed by atoms with Crippen molar-refractivity contribution in [2.24, 2.45) is 5.92 Å². The number of anilines is 1. The Morgan fingerprint density at radius 1 is 1.40 bits per heavy atom. The zero-order valence-electron chi connectivity index (χ0n) is 8.58. The van der Waals surface area contributed by atoms with Crippen LogP contribution in [0, 0.1) is 5.92 Å². The molecule has 1 aromatic heterocycles. The number of pyridine rings is 1. The summed E-state index contributed by atoms with van der Waals surface area (Å²) in [5, 5.41) is 3.36. The molecular formula is C11H15BrN2O. The molecule has 1 aliphatic rings. The van der Waals surface area contributed by atoms with Crippen LogP contribution >= 0.6 is 15.9 Å². The third kappa shape index (κ3) is 3.47. The van der Waals surface area contributed by atoms with Gasteiger partial charge in [-0.3, -0.25) is 0 Å². The Hall–Kier alpha value is -0.610. The molecule has 1 saturated heterocycles. The lowest BCUT2D eigenvalue weighted by Gasteiger charge is -2.22. The molecule has 1 N–H and O–H groups in total. The molecule has 2 rings (SSSR count). The van der Waals surface area contributed by atoms with Crippen molar-refractivity contribution >= 4 is 21.7 Å². The summed E-state index contributed by atoms with van der Waals surface area (Å²) >= 11 is 3.36. The largest absolute Gasteiger partial charge is 0.381 e.